The topological polar surface area (TPSA) is 78.9 Å². The first-order chi connectivity index (χ1) is 11.9. The first-order valence-electron chi connectivity index (χ1n) is 9.02. The molecule has 0 aromatic heterocycles. The molecule has 138 valence electrons. The van der Waals surface area contributed by atoms with Gasteiger partial charge in [-0.15, -0.1) is 0 Å². The Balaban J connectivity index is 1.72. The van der Waals surface area contributed by atoms with E-state index < -0.39 is 17.3 Å². The van der Waals surface area contributed by atoms with Crippen LogP contribution >= 0.6 is 0 Å². The van der Waals surface area contributed by atoms with Gasteiger partial charge in [0.25, 0.3) is 0 Å². The van der Waals surface area contributed by atoms with Crippen LogP contribution in [0.1, 0.15) is 34.1 Å². The van der Waals surface area contributed by atoms with Crippen molar-refractivity contribution < 1.29 is 28.6 Å². The van der Waals surface area contributed by atoms with Crippen molar-refractivity contribution >= 4 is 17.9 Å². The molecule has 0 radical (unpaired) electrons. The first-order valence-corrected chi connectivity index (χ1v) is 9.02. The Morgan fingerprint density at radius 2 is 2.00 bits per heavy atom. The molecular weight excluding hydrogens is 324 g/mol. The summed E-state index contributed by atoms with van der Waals surface area (Å²) in [6, 6.07) is 0. The first kappa shape index (κ1) is 18.0. The van der Waals surface area contributed by atoms with E-state index in [9.17, 15) is 14.4 Å². The second-order valence-corrected chi connectivity index (χ2v) is 7.64. The van der Waals surface area contributed by atoms with E-state index in [2.05, 4.69) is 6.92 Å². The molecule has 3 aliphatic rings. The molecule has 1 heterocycles. The highest BCUT2D eigenvalue weighted by molar-refractivity contribution is 5.89. The lowest BCUT2D eigenvalue weighted by atomic mass is 9.58. The van der Waals surface area contributed by atoms with Gasteiger partial charge >= 0.3 is 17.9 Å². The minimum Gasteiger partial charge on any atom is -0.462 e. The van der Waals surface area contributed by atoms with E-state index in [1.807, 2.05) is 13.8 Å². The zero-order chi connectivity index (χ0) is 18.4. The third-order valence-electron chi connectivity index (χ3n) is 6.34. The van der Waals surface area contributed by atoms with Crippen molar-refractivity contribution in [2.24, 2.45) is 35.0 Å². The van der Waals surface area contributed by atoms with Gasteiger partial charge in [-0.2, -0.15) is 0 Å². The lowest BCUT2D eigenvalue weighted by Crippen LogP contribution is -2.52. The van der Waals surface area contributed by atoms with Gasteiger partial charge in [0.05, 0.1) is 11.3 Å². The summed E-state index contributed by atoms with van der Waals surface area (Å²) in [4.78, 5) is 36.8. The molecule has 6 nitrogen and oxygen atoms in total. The zero-order valence-electron chi connectivity index (χ0n) is 15.2. The highest BCUT2D eigenvalue weighted by Gasteiger charge is 2.75. The van der Waals surface area contributed by atoms with Gasteiger partial charge in [-0.05, 0) is 31.1 Å². The van der Waals surface area contributed by atoms with Gasteiger partial charge in [0.15, 0.2) is 0 Å². The molecule has 6 heteroatoms. The molecule has 2 saturated carbocycles. The Hall–Kier alpha value is -1.85. The lowest BCUT2D eigenvalue weighted by molar-refractivity contribution is -0.173. The van der Waals surface area contributed by atoms with Crippen molar-refractivity contribution in [3.63, 3.8) is 0 Å². The molecule has 2 bridgehead atoms. The summed E-state index contributed by atoms with van der Waals surface area (Å²) in [6.07, 6.45) is 3.68. The molecule has 0 N–H and O–H groups in total. The van der Waals surface area contributed by atoms with Crippen molar-refractivity contribution in [2.45, 2.75) is 40.2 Å². The Bertz CT molecular complexity index is 609. The molecular formula is C19H26O6. The molecule has 25 heavy (non-hydrogen) atoms. The molecule has 0 aromatic carbocycles. The summed E-state index contributed by atoms with van der Waals surface area (Å²) in [6.45, 7) is 7.73. The Morgan fingerprint density at radius 1 is 1.32 bits per heavy atom. The van der Waals surface area contributed by atoms with Crippen molar-refractivity contribution in [1.82, 2.24) is 0 Å². The van der Waals surface area contributed by atoms with Crippen LogP contribution < -0.4 is 0 Å². The molecule has 6 unspecified atom stereocenters. The fourth-order valence-electron chi connectivity index (χ4n) is 5.46. The Kier molecular flexibility index (Phi) is 4.64. The van der Waals surface area contributed by atoms with Gasteiger partial charge in [0, 0.05) is 12.0 Å². The van der Waals surface area contributed by atoms with Crippen LogP contribution in [0.4, 0.5) is 0 Å². The van der Waals surface area contributed by atoms with Gasteiger partial charge in [0.1, 0.15) is 19.3 Å². The highest BCUT2D eigenvalue weighted by atomic mass is 16.6. The predicted octanol–water partition coefficient (Wildman–Crippen LogP) is 2.12. The molecule has 0 amide bonds. The number of fused-ring (bicyclic) bond motifs is 1. The van der Waals surface area contributed by atoms with Crippen LogP contribution in [-0.4, -0.2) is 37.2 Å². The van der Waals surface area contributed by atoms with Crippen LogP contribution in [0.15, 0.2) is 12.2 Å². The van der Waals surface area contributed by atoms with Gasteiger partial charge < -0.3 is 14.2 Å². The van der Waals surface area contributed by atoms with Crippen molar-refractivity contribution in [2.75, 3.05) is 13.2 Å². The smallest absolute Gasteiger partial charge is 0.330 e. The number of ether oxygens (including phenoxy) is 3. The molecule has 6 atom stereocenters. The third-order valence-corrected chi connectivity index (χ3v) is 6.34. The maximum absolute atomic E-state index is 13.1. The number of hydrogen-bond donors (Lipinski definition) is 0. The molecule has 2 aliphatic carbocycles. The average Bonchev–Trinajstić information content (AvgIpc) is 3.14. The second kappa shape index (κ2) is 6.46. The predicted molar refractivity (Wildman–Crippen MR) is 88.1 cm³/mol. The Labute approximate surface area is 147 Å². The van der Waals surface area contributed by atoms with E-state index in [0.717, 1.165) is 6.42 Å². The standard InChI is InChI=1S/C19H26O6/c1-5-6-14(20)23-7-8-24-18(22)19(10(2)3)13-9-12-15(19)17(21)25-16(12)11(13)4/h5-6,10-13,15-16H,7-9H2,1-4H3. The van der Waals surface area contributed by atoms with Gasteiger partial charge in [0.2, 0.25) is 0 Å². The molecule has 3 fully saturated rings. The quantitative estimate of drug-likeness (QED) is 0.316. The molecule has 1 aliphatic heterocycles. The van der Waals surface area contributed by atoms with E-state index in [1.54, 1.807) is 13.0 Å². The maximum Gasteiger partial charge on any atom is 0.330 e. The SMILES string of the molecule is CC=CC(=O)OCCOC(=O)C1(C(C)C)C2CC3C(OC(=O)C31)C2C. The second-order valence-electron chi connectivity index (χ2n) is 7.64. The normalized spacial score (nSPS) is 38.4. The lowest BCUT2D eigenvalue weighted by Gasteiger charge is -2.43. The minimum absolute atomic E-state index is 0.00444. The number of rotatable bonds is 6. The van der Waals surface area contributed by atoms with E-state index in [0.29, 0.717) is 0 Å². The van der Waals surface area contributed by atoms with Crippen LogP contribution in [0.25, 0.3) is 0 Å². The van der Waals surface area contributed by atoms with Crippen molar-refractivity contribution in [3.05, 3.63) is 12.2 Å². The maximum atomic E-state index is 13.1. The Morgan fingerprint density at radius 3 is 2.64 bits per heavy atom. The van der Waals surface area contributed by atoms with E-state index >= 15 is 0 Å². The average molecular weight is 350 g/mol. The van der Waals surface area contributed by atoms with Crippen LogP contribution in [0.3, 0.4) is 0 Å². The number of esters is 3. The summed E-state index contributed by atoms with van der Waals surface area (Å²) >= 11 is 0. The van der Waals surface area contributed by atoms with E-state index in [1.165, 1.54) is 6.08 Å². The summed E-state index contributed by atoms with van der Waals surface area (Å²) in [7, 11) is 0. The van der Waals surface area contributed by atoms with Gasteiger partial charge in [-0.25, -0.2) is 4.79 Å². The summed E-state index contributed by atoms with van der Waals surface area (Å²) < 4.78 is 16.0. The third kappa shape index (κ3) is 2.49. The number of allylic oxidation sites excluding steroid dienone is 1. The van der Waals surface area contributed by atoms with E-state index in [4.69, 9.17) is 14.2 Å². The van der Waals surface area contributed by atoms with Crippen LogP contribution in [0.5, 0.6) is 0 Å². The van der Waals surface area contributed by atoms with Crippen LogP contribution in [-0.2, 0) is 28.6 Å². The van der Waals surface area contributed by atoms with Crippen molar-refractivity contribution in [3.8, 4) is 0 Å². The minimum atomic E-state index is -0.832. The fourth-order valence-corrected chi connectivity index (χ4v) is 5.46. The summed E-state index contributed by atoms with van der Waals surface area (Å²) in [5, 5.41) is 0. The number of carbonyl (C=O) groups excluding carboxylic acids is 3. The molecule has 1 saturated heterocycles. The largest absolute Gasteiger partial charge is 0.462 e. The van der Waals surface area contributed by atoms with E-state index in [-0.39, 0.29) is 54.9 Å². The van der Waals surface area contributed by atoms with Crippen LogP contribution in [0.2, 0.25) is 0 Å². The monoisotopic (exact) mass is 350 g/mol. The molecule has 3 rings (SSSR count). The van der Waals surface area contributed by atoms with Gasteiger partial charge in [-0.3, -0.25) is 9.59 Å². The highest BCUT2D eigenvalue weighted by Crippen LogP contribution is 2.68. The molecule has 0 spiro atoms. The summed E-state index contributed by atoms with van der Waals surface area (Å²) in [5.41, 5.74) is -0.832. The zero-order valence-corrected chi connectivity index (χ0v) is 15.2. The van der Waals surface area contributed by atoms with Crippen LogP contribution in [0, 0.1) is 35.0 Å². The molecule has 0 aromatic rings. The summed E-state index contributed by atoms with van der Waals surface area (Å²) in [5.74, 6) is -1.13. The number of carbonyl (C=O) groups is 3. The number of hydrogen-bond acceptors (Lipinski definition) is 6. The van der Waals surface area contributed by atoms with Gasteiger partial charge in [-0.1, -0.05) is 26.8 Å². The fraction of sp³-hybridized carbons (Fsp3) is 0.737. The van der Waals surface area contributed by atoms with Crippen molar-refractivity contribution in [1.29, 1.82) is 0 Å².